The molecular formula is C13H21N3O. The summed E-state index contributed by atoms with van der Waals surface area (Å²) in [7, 11) is 0. The standard InChI is InChI=1S/C13H21N3O/c14-9-12-10-15-7-8-16(12)13(17)11-5-3-1-2-4-6-11/h11-12,15H,1-8,10H2. The van der Waals surface area contributed by atoms with Gasteiger partial charge in [-0.3, -0.25) is 4.79 Å². The third-order valence-electron chi connectivity index (χ3n) is 3.88. The van der Waals surface area contributed by atoms with Gasteiger partial charge in [-0.2, -0.15) is 5.26 Å². The van der Waals surface area contributed by atoms with Gasteiger partial charge in [0, 0.05) is 25.6 Å². The Balaban J connectivity index is 1.99. The minimum Gasteiger partial charge on any atom is -0.324 e. The third kappa shape index (κ3) is 2.98. The van der Waals surface area contributed by atoms with Gasteiger partial charge in [0.1, 0.15) is 6.04 Å². The van der Waals surface area contributed by atoms with Crippen LogP contribution in [0.1, 0.15) is 38.5 Å². The maximum absolute atomic E-state index is 12.4. The van der Waals surface area contributed by atoms with E-state index in [1.165, 1.54) is 25.7 Å². The van der Waals surface area contributed by atoms with Gasteiger partial charge in [-0.1, -0.05) is 25.7 Å². The van der Waals surface area contributed by atoms with E-state index in [-0.39, 0.29) is 17.9 Å². The molecule has 1 saturated heterocycles. The Morgan fingerprint density at radius 1 is 1.24 bits per heavy atom. The second-order valence-corrected chi connectivity index (χ2v) is 5.07. The van der Waals surface area contributed by atoms with Crippen molar-refractivity contribution < 1.29 is 4.79 Å². The van der Waals surface area contributed by atoms with E-state index >= 15 is 0 Å². The number of piperazine rings is 1. The van der Waals surface area contributed by atoms with Gasteiger partial charge >= 0.3 is 0 Å². The molecule has 0 radical (unpaired) electrons. The van der Waals surface area contributed by atoms with E-state index in [0.29, 0.717) is 13.1 Å². The quantitative estimate of drug-likeness (QED) is 0.697. The number of hydrogen-bond acceptors (Lipinski definition) is 3. The van der Waals surface area contributed by atoms with E-state index in [4.69, 9.17) is 5.26 Å². The first-order chi connectivity index (χ1) is 8.33. The van der Waals surface area contributed by atoms with Crippen LogP contribution < -0.4 is 5.32 Å². The minimum atomic E-state index is -0.264. The van der Waals surface area contributed by atoms with Crippen LogP contribution >= 0.6 is 0 Å². The number of amides is 1. The van der Waals surface area contributed by atoms with Crippen molar-refractivity contribution >= 4 is 5.91 Å². The lowest BCUT2D eigenvalue weighted by atomic mass is 9.97. The lowest BCUT2D eigenvalue weighted by molar-refractivity contribution is -0.138. The van der Waals surface area contributed by atoms with Crippen LogP contribution in [0.2, 0.25) is 0 Å². The first-order valence-electron chi connectivity index (χ1n) is 6.73. The Morgan fingerprint density at radius 3 is 2.59 bits per heavy atom. The molecule has 2 fully saturated rings. The monoisotopic (exact) mass is 235 g/mol. The smallest absolute Gasteiger partial charge is 0.226 e. The molecule has 0 bridgehead atoms. The molecule has 0 aromatic rings. The number of rotatable bonds is 1. The fraction of sp³-hybridized carbons (Fsp3) is 0.846. The summed E-state index contributed by atoms with van der Waals surface area (Å²) in [5.41, 5.74) is 0. The van der Waals surface area contributed by atoms with Gasteiger partial charge in [-0.05, 0) is 12.8 Å². The van der Waals surface area contributed by atoms with Crippen molar-refractivity contribution in [1.82, 2.24) is 10.2 Å². The summed E-state index contributed by atoms with van der Waals surface area (Å²) < 4.78 is 0. The zero-order valence-corrected chi connectivity index (χ0v) is 10.3. The van der Waals surface area contributed by atoms with Crippen molar-refractivity contribution in [3.63, 3.8) is 0 Å². The normalized spacial score (nSPS) is 27.2. The van der Waals surface area contributed by atoms with Gasteiger partial charge in [0.05, 0.1) is 6.07 Å². The Bertz CT molecular complexity index is 302. The number of carbonyl (C=O) groups is 1. The molecule has 1 atom stereocenters. The maximum Gasteiger partial charge on any atom is 0.226 e. The van der Waals surface area contributed by atoms with Crippen molar-refractivity contribution in [2.75, 3.05) is 19.6 Å². The predicted molar refractivity (Wildman–Crippen MR) is 65.2 cm³/mol. The summed E-state index contributed by atoms with van der Waals surface area (Å²) in [6, 6.07) is 1.97. The zero-order valence-electron chi connectivity index (χ0n) is 10.3. The molecule has 0 aromatic carbocycles. The first kappa shape index (κ1) is 12.4. The van der Waals surface area contributed by atoms with Crippen LogP contribution in [0, 0.1) is 17.2 Å². The second kappa shape index (κ2) is 6.02. The van der Waals surface area contributed by atoms with Crippen LogP contribution in [0.4, 0.5) is 0 Å². The Hall–Kier alpha value is -1.08. The van der Waals surface area contributed by atoms with Gasteiger partial charge in [0.25, 0.3) is 0 Å². The third-order valence-corrected chi connectivity index (χ3v) is 3.88. The number of carbonyl (C=O) groups excluding carboxylic acids is 1. The topological polar surface area (TPSA) is 56.1 Å². The van der Waals surface area contributed by atoms with Crippen LogP contribution in [0.5, 0.6) is 0 Å². The highest BCUT2D eigenvalue weighted by Crippen LogP contribution is 2.25. The largest absolute Gasteiger partial charge is 0.324 e. The maximum atomic E-state index is 12.4. The van der Waals surface area contributed by atoms with Gasteiger partial charge < -0.3 is 10.2 Å². The van der Waals surface area contributed by atoms with Crippen LogP contribution in [0.15, 0.2) is 0 Å². The van der Waals surface area contributed by atoms with E-state index in [2.05, 4.69) is 11.4 Å². The number of nitriles is 1. The Kier molecular flexibility index (Phi) is 4.38. The summed E-state index contributed by atoms with van der Waals surface area (Å²) in [5, 5.41) is 12.2. The number of nitrogens with zero attached hydrogens (tertiary/aromatic N) is 2. The van der Waals surface area contributed by atoms with Crippen molar-refractivity contribution in [2.24, 2.45) is 5.92 Å². The molecule has 1 N–H and O–H groups in total. The zero-order chi connectivity index (χ0) is 12.1. The molecule has 1 saturated carbocycles. The summed E-state index contributed by atoms with van der Waals surface area (Å²) in [6.07, 6.45) is 6.88. The average molecular weight is 235 g/mol. The molecule has 4 nitrogen and oxygen atoms in total. The van der Waals surface area contributed by atoms with Crippen LogP contribution in [0.25, 0.3) is 0 Å². The SMILES string of the molecule is N#CC1CNCCN1C(=O)C1CCCCCC1. The summed E-state index contributed by atoms with van der Waals surface area (Å²) >= 11 is 0. The highest BCUT2D eigenvalue weighted by Gasteiger charge is 2.31. The summed E-state index contributed by atoms with van der Waals surface area (Å²) in [4.78, 5) is 14.2. The Labute approximate surface area is 103 Å². The average Bonchev–Trinajstić information content (AvgIpc) is 2.66. The van der Waals surface area contributed by atoms with Crippen molar-refractivity contribution in [3.05, 3.63) is 0 Å². The van der Waals surface area contributed by atoms with Crippen molar-refractivity contribution in [2.45, 2.75) is 44.6 Å². The molecule has 94 valence electrons. The summed E-state index contributed by atoms with van der Waals surface area (Å²) in [5.74, 6) is 0.395. The molecule has 0 spiro atoms. The number of hydrogen-bond donors (Lipinski definition) is 1. The molecular weight excluding hydrogens is 214 g/mol. The van der Waals surface area contributed by atoms with Gasteiger partial charge in [0.2, 0.25) is 5.91 Å². The van der Waals surface area contributed by atoms with E-state index in [1.807, 2.05) is 0 Å². The second-order valence-electron chi connectivity index (χ2n) is 5.07. The lowest BCUT2D eigenvalue weighted by Gasteiger charge is -2.34. The highest BCUT2D eigenvalue weighted by atomic mass is 16.2. The minimum absolute atomic E-state index is 0.173. The first-order valence-corrected chi connectivity index (χ1v) is 6.73. The highest BCUT2D eigenvalue weighted by molar-refractivity contribution is 5.79. The molecule has 0 aromatic heterocycles. The fourth-order valence-corrected chi connectivity index (χ4v) is 2.84. The van der Waals surface area contributed by atoms with Crippen molar-refractivity contribution in [1.29, 1.82) is 5.26 Å². The van der Waals surface area contributed by atoms with E-state index < -0.39 is 0 Å². The van der Waals surface area contributed by atoms with E-state index in [9.17, 15) is 4.79 Å². The van der Waals surface area contributed by atoms with Crippen LogP contribution in [0.3, 0.4) is 0 Å². The van der Waals surface area contributed by atoms with Gasteiger partial charge in [-0.25, -0.2) is 0 Å². The van der Waals surface area contributed by atoms with Crippen LogP contribution in [-0.2, 0) is 4.79 Å². The molecule has 2 aliphatic rings. The van der Waals surface area contributed by atoms with Crippen molar-refractivity contribution in [3.8, 4) is 6.07 Å². The molecule has 4 heteroatoms. The summed E-state index contributed by atoms with van der Waals surface area (Å²) in [6.45, 7) is 2.12. The van der Waals surface area contributed by atoms with E-state index in [1.54, 1.807) is 4.90 Å². The molecule has 1 heterocycles. The van der Waals surface area contributed by atoms with Crippen LogP contribution in [-0.4, -0.2) is 36.5 Å². The van der Waals surface area contributed by atoms with E-state index in [0.717, 1.165) is 19.4 Å². The lowest BCUT2D eigenvalue weighted by Crippen LogP contribution is -2.54. The fourth-order valence-electron chi connectivity index (χ4n) is 2.84. The molecule has 1 aliphatic carbocycles. The molecule has 1 amide bonds. The molecule has 17 heavy (non-hydrogen) atoms. The predicted octanol–water partition coefficient (Wildman–Crippen LogP) is 1.28. The van der Waals surface area contributed by atoms with Gasteiger partial charge in [0.15, 0.2) is 0 Å². The molecule has 2 rings (SSSR count). The molecule has 1 unspecified atom stereocenters. The molecule has 1 aliphatic heterocycles. The number of nitrogens with one attached hydrogen (secondary N) is 1. The van der Waals surface area contributed by atoms with Gasteiger partial charge in [-0.15, -0.1) is 0 Å². The Morgan fingerprint density at radius 2 is 1.94 bits per heavy atom.